The molecule has 18 heavy (non-hydrogen) atoms. The minimum Gasteiger partial charge on any atom is -0.465 e. The summed E-state index contributed by atoms with van der Waals surface area (Å²) in [6.45, 7) is 0.0256. The van der Waals surface area contributed by atoms with Crippen molar-refractivity contribution >= 4 is 23.5 Å². The van der Waals surface area contributed by atoms with Gasteiger partial charge in [0.1, 0.15) is 0 Å². The molecule has 0 saturated heterocycles. The Morgan fingerprint density at radius 3 is 2.56 bits per heavy atom. The molecule has 0 fully saturated rings. The number of rotatable bonds is 5. The van der Waals surface area contributed by atoms with Gasteiger partial charge in [0.05, 0.1) is 30.2 Å². The molecule has 0 aliphatic rings. The van der Waals surface area contributed by atoms with Gasteiger partial charge in [-0.1, -0.05) is 12.1 Å². The molecule has 1 amide bonds. The second-order valence-electron chi connectivity index (χ2n) is 3.56. The number of nitrogens with one attached hydrogen (secondary N) is 1. The zero-order valence-electron chi connectivity index (χ0n) is 9.85. The molecule has 0 bridgehead atoms. The summed E-state index contributed by atoms with van der Waals surface area (Å²) in [7, 11) is 1.24. The Hall–Kier alpha value is -1.59. The van der Waals surface area contributed by atoms with E-state index in [0.717, 1.165) is 0 Å². The molecule has 6 heteroatoms. The molecule has 1 aromatic carbocycles. The van der Waals surface area contributed by atoms with E-state index in [-0.39, 0.29) is 23.6 Å². The lowest BCUT2D eigenvalue weighted by Crippen LogP contribution is -2.33. The van der Waals surface area contributed by atoms with Crippen LogP contribution in [0.3, 0.4) is 0 Å². The van der Waals surface area contributed by atoms with Crippen LogP contribution in [0.5, 0.6) is 0 Å². The van der Waals surface area contributed by atoms with Gasteiger partial charge in [0, 0.05) is 6.54 Å². The standard InChI is InChI=1S/C12H14ClNO4/c1-18-12(17)10-5-3-2-4-9(10)11(16)14-7-8(15)6-13/h2-5,8,15H,6-7H2,1H3,(H,14,16)/t8-/m1/s1. The summed E-state index contributed by atoms with van der Waals surface area (Å²) < 4.78 is 4.58. The van der Waals surface area contributed by atoms with E-state index >= 15 is 0 Å². The van der Waals surface area contributed by atoms with Crippen molar-refractivity contribution in [3.63, 3.8) is 0 Å². The maximum absolute atomic E-state index is 11.8. The number of aliphatic hydroxyl groups is 1. The number of carbonyl (C=O) groups excluding carboxylic acids is 2. The molecular formula is C12H14ClNO4. The number of benzene rings is 1. The first kappa shape index (κ1) is 14.5. The number of hydrogen-bond donors (Lipinski definition) is 2. The molecular weight excluding hydrogens is 258 g/mol. The van der Waals surface area contributed by atoms with Crippen molar-refractivity contribution in [3.05, 3.63) is 35.4 Å². The highest BCUT2D eigenvalue weighted by molar-refractivity contribution is 6.18. The fourth-order valence-electron chi connectivity index (χ4n) is 1.33. The predicted octanol–water partition coefficient (Wildman–Crippen LogP) is 0.803. The van der Waals surface area contributed by atoms with Gasteiger partial charge in [-0.05, 0) is 12.1 Å². The Morgan fingerprint density at radius 1 is 1.39 bits per heavy atom. The molecule has 1 atom stereocenters. The average molecular weight is 272 g/mol. The van der Waals surface area contributed by atoms with Gasteiger partial charge in [-0.15, -0.1) is 11.6 Å². The zero-order chi connectivity index (χ0) is 13.5. The van der Waals surface area contributed by atoms with Gasteiger partial charge in [0.15, 0.2) is 0 Å². The molecule has 5 nitrogen and oxygen atoms in total. The Morgan fingerprint density at radius 2 is 2.00 bits per heavy atom. The molecule has 0 aliphatic heterocycles. The maximum Gasteiger partial charge on any atom is 0.338 e. The third-order valence-corrected chi connectivity index (χ3v) is 2.61. The van der Waals surface area contributed by atoms with E-state index in [9.17, 15) is 14.7 Å². The minimum absolute atomic E-state index is 0.0256. The number of carbonyl (C=O) groups is 2. The molecule has 1 aromatic rings. The van der Waals surface area contributed by atoms with Crippen molar-refractivity contribution in [2.45, 2.75) is 6.10 Å². The highest BCUT2D eigenvalue weighted by atomic mass is 35.5. The lowest BCUT2D eigenvalue weighted by molar-refractivity contribution is 0.0596. The quantitative estimate of drug-likeness (QED) is 0.614. The first-order valence-corrected chi connectivity index (χ1v) is 5.83. The van der Waals surface area contributed by atoms with Gasteiger partial charge >= 0.3 is 5.97 Å². The van der Waals surface area contributed by atoms with E-state index in [1.54, 1.807) is 12.1 Å². The van der Waals surface area contributed by atoms with Crippen LogP contribution in [0, 0.1) is 0 Å². The smallest absolute Gasteiger partial charge is 0.338 e. The van der Waals surface area contributed by atoms with E-state index in [2.05, 4.69) is 10.1 Å². The summed E-state index contributed by atoms with van der Waals surface area (Å²) in [5, 5.41) is 11.7. The monoisotopic (exact) mass is 271 g/mol. The van der Waals surface area contributed by atoms with E-state index in [4.69, 9.17) is 11.6 Å². The fourth-order valence-corrected chi connectivity index (χ4v) is 1.44. The summed E-state index contributed by atoms with van der Waals surface area (Å²) in [5.74, 6) is -1.02. The van der Waals surface area contributed by atoms with Crippen LogP contribution in [0.4, 0.5) is 0 Å². The second kappa shape index (κ2) is 6.98. The molecule has 2 N–H and O–H groups in total. The topological polar surface area (TPSA) is 75.6 Å². The fraction of sp³-hybridized carbons (Fsp3) is 0.333. The summed E-state index contributed by atoms with van der Waals surface area (Å²) in [6.07, 6.45) is -0.819. The van der Waals surface area contributed by atoms with Crippen molar-refractivity contribution < 1.29 is 19.4 Å². The number of ether oxygens (including phenoxy) is 1. The van der Waals surface area contributed by atoms with Crippen LogP contribution in [0.2, 0.25) is 0 Å². The third-order valence-electron chi connectivity index (χ3n) is 2.25. The van der Waals surface area contributed by atoms with Crippen LogP contribution in [0.15, 0.2) is 24.3 Å². The van der Waals surface area contributed by atoms with Gasteiger partial charge < -0.3 is 15.2 Å². The number of halogens is 1. The number of aliphatic hydroxyl groups excluding tert-OH is 1. The summed E-state index contributed by atoms with van der Waals surface area (Å²) in [6, 6.07) is 6.28. The predicted molar refractivity (Wildman–Crippen MR) is 66.8 cm³/mol. The summed E-state index contributed by atoms with van der Waals surface area (Å²) >= 11 is 5.41. The lowest BCUT2D eigenvalue weighted by Gasteiger charge is -2.10. The average Bonchev–Trinajstić information content (AvgIpc) is 2.43. The lowest BCUT2D eigenvalue weighted by atomic mass is 10.1. The first-order chi connectivity index (χ1) is 8.60. The first-order valence-electron chi connectivity index (χ1n) is 5.29. The van der Waals surface area contributed by atoms with Gasteiger partial charge in [-0.3, -0.25) is 4.79 Å². The Balaban J connectivity index is 2.82. The number of amides is 1. The number of hydrogen-bond acceptors (Lipinski definition) is 4. The molecule has 0 heterocycles. The second-order valence-corrected chi connectivity index (χ2v) is 3.86. The Kier molecular flexibility index (Phi) is 5.61. The van der Waals surface area contributed by atoms with Gasteiger partial charge in [-0.25, -0.2) is 4.79 Å². The highest BCUT2D eigenvalue weighted by Gasteiger charge is 2.17. The normalized spacial score (nSPS) is 11.7. The van der Waals surface area contributed by atoms with E-state index in [0.29, 0.717) is 0 Å². The molecule has 0 aliphatic carbocycles. The van der Waals surface area contributed by atoms with Crippen molar-refractivity contribution in [3.8, 4) is 0 Å². The van der Waals surface area contributed by atoms with Crippen molar-refractivity contribution in [1.29, 1.82) is 0 Å². The third kappa shape index (κ3) is 3.72. The highest BCUT2D eigenvalue weighted by Crippen LogP contribution is 2.10. The summed E-state index contributed by atoms with van der Waals surface area (Å²) in [4.78, 5) is 23.3. The van der Waals surface area contributed by atoms with Crippen molar-refractivity contribution in [2.24, 2.45) is 0 Å². The Bertz CT molecular complexity index is 436. The minimum atomic E-state index is -0.819. The van der Waals surface area contributed by atoms with Crippen LogP contribution in [0.25, 0.3) is 0 Å². The van der Waals surface area contributed by atoms with Crippen molar-refractivity contribution in [1.82, 2.24) is 5.32 Å². The molecule has 0 spiro atoms. The van der Waals surface area contributed by atoms with Crippen LogP contribution in [-0.2, 0) is 4.74 Å². The van der Waals surface area contributed by atoms with Crippen LogP contribution >= 0.6 is 11.6 Å². The molecule has 0 radical (unpaired) electrons. The molecule has 0 saturated carbocycles. The zero-order valence-corrected chi connectivity index (χ0v) is 10.6. The number of methoxy groups -OCH3 is 1. The van der Waals surface area contributed by atoms with Crippen LogP contribution in [-0.4, -0.2) is 42.6 Å². The van der Waals surface area contributed by atoms with Gasteiger partial charge in [-0.2, -0.15) is 0 Å². The number of alkyl halides is 1. The van der Waals surface area contributed by atoms with E-state index in [1.165, 1.54) is 19.2 Å². The van der Waals surface area contributed by atoms with Gasteiger partial charge in [0.2, 0.25) is 0 Å². The Labute approximate surface area is 110 Å². The maximum atomic E-state index is 11.8. The molecule has 0 aromatic heterocycles. The van der Waals surface area contributed by atoms with Crippen LogP contribution < -0.4 is 5.32 Å². The molecule has 98 valence electrons. The summed E-state index contributed by atoms with van der Waals surface area (Å²) in [5.41, 5.74) is 0.379. The number of esters is 1. The largest absolute Gasteiger partial charge is 0.465 e. The SMILES string of the molecule is COC(=O)c1ccccc1C(=O)NC[C@H](O)CCl. The van der Waals surface area contributed by atoms with Gasteiger partial charge in [0.25, 0.3) is 5.91 Å². The van der Waals surface area contributed by atoms with Crippen LogP contribution in [0.1, 0.15) is 20.7 Å². The van der Waals surface area contributed by atoms with E-state index in [1.807, 2.05) is 0 Å². The van der Waals surface area contributed by atoms with E-state index < -0.39 is 18.0 Å². The van der Waals surface area contributed by atoms with Crippen molar-refractivity contribution in [2.75, 3.05) is 19.5 Å². The molecule has 0 unspecified atom stereocenters. The molecule has 1 rings (SSSR count).